The van der Waals surface area contributed by atoms with Gasteiger partial charge in [0.05, 0.1) is 40.0 Å². The van der Waals surface area contributed by atoms with Crippen LogP contribution in [0.25, 0.3) is 0 Å². The molecule has 1 spiro atoms. The van der Waals surface area contributed by atoms with Gasteiger partial charge in [-0.1, -0.05) is 26.0 Å². The summed E-state index contributed by atoms with van der Waals surface area (Å²) in [6, 6.07) is 12.4. The molecule has 2 amide bonds. The first kappa shape index (κ1) is 27.3. The van der Waals surface area contributed by atoms with E-state index in [0.29, 0.717) is 19.7 Å². The van der Waals surface area contributed by atoms with E-state index in [1.807, 2.05) is 17.0 Å². The molecule has 0 radical (unpaired) electrons. The van der Waals surface area contributed by atoms with Gasteiger partial charge in [0.2, 0.25) is 0 Å². The van der Waals surface area contributed by atoms with Crippen LogP contribution in [-0.4, -0.2) is 81.0 Å². The highest BCUT2D eigenvalue weighted by atomic mass is 16.5. The lowest BCUT2D eigenvalue weighted by molar-refractivity contribution is 0.0667. The highest BCUT2D eigenvalue weighted by Crippen LogP contribution is 2.49. The maximum absolute atomic E-state index is 14.0. The molecule has 0 bridgehead atoms. The molecule has 3 aliphatic rings. The van der Waals surface area contributed by atoms with Gasteiger partial charge in [-0.3, -0.25) is 9.80 Å². The lowest BCUT2D eigenvalue weighted by Gasteiger charge is -2.45. The van der Waals surface area contributed by atoms with Crippen molar-refractivity contribution in [3.63, 3.8) is 0 Å². The average molecular weight is 536 g/mol. The predicted molar refractivity (Wildman–Crippen MR) is 150 cm³/mol. The first-order valence-corrected chi connectivity index (χ1v) is 13.7. The molecule has 3 heterocycles. The van der Waals surface area contributed by atoms with Crippen molar-refractivity contribution in [1.82, 2.24) is 14.7 Å². The summed E-state index contributed by atoms with van der Waals surface area (Å²) >= 11 is 0. The maximum Gasteiger partial charge on any atom is 0.325 e. The number of methoxy groups -OCH3 is 4. The number of carbonyl (C=O) groups excluding carboxylic acids is 1. The number of ether oxygens (including phenoxy) is 4. The van der Waals surface area contributed by atoms with E-state index in [-0.39, 0.29) is 17.0 Å². The Balaban J connectivity index is 1.45. The number of amides is 2. The molecule has 0 N–H and O–H groups in total. The zero-order valence-electron chi connectivity index (χ0n) is 24.1. The molecule has 39 heavy (non-hydrogen) atoms. The summed E-state index contributed by atoms with van der Waals surface area (Å²) in [6.45, 7) is 8.67. The molecule has 0 aromatic heterocycles. The molecule has 2 fully saturated rings. The summed E-state index contributed by atoms with van der Waals surface area (Å²) in [7, 11) is 6.74. The Labute approximate surface area is 232 Å². The number of urea groups is 1. The number of allylic oxidation sites excluding steroid dienone is 1. The van der Waals surface area contributed by atoms with Crippen molar-refractivity contribution < 1.29 is 23.7 Å². The van der Waals surface area contributed by atoms with E-state index in [2.05, 4.69) is 54.0 Å². The topological polar surface area (TPSA) is 63.7 Å². The predicted octanol–water partition coefficient (Wildman–Crippen LogP) is 4.81. The molecule has 0 aliphatic carbocycles. The normalized spacial score (nSPS) is 19.8. The van der Waals surface area contributed by atoms with Crippen molar-refractivity contribution >= 4 is 6.03 Å². The Bertz CT molecular complexity index is 1230. The molecular formula is C31H41N3O5. The van der Waals surface area contributed by atoms with Crippen LogP contribution in [0.15, 0.2) is 48.2 Å². The molecule has 0 unspecified atom stereocenters. The number of fused-ring (bicyclic) bond motifs is 3. The second-order valence-electron chi connectivity index (χ2n) is 11.3. The Hall–Kier alpha value is -3.23. The Morgan fingerprint density at radius 1 is 0.872 bits per heavy atom. The minimum Gasteiger partial charge on any atom is -0.497 e. The molecule has 2 saturated heterocycles. The fourth-order valence-electron chi connectivity index (χ4n) is 6.55. The zero-order valence-corrected chi connectivity index (χ0v) is 24.1. The van der Waals surface area contributed by atoms with Crippen molar-refractivity contribution in [2.24, 2.45) is 0 Å². The molecule has 0 saturated carbocycles. The van der Waals surface area contributed by atoms with Gasteiger partial charge in [-0.2, -0.15) is 0 Å². The monoisotopic (exact) mass is 535 g/mol. The Morgan fingerprint density at radius 2 is 1.54 bits per heavy atom. The van der Waals surface area contributed by atoms with E-state index < -0.39 is 0 Å². The molecule has 3 aliphatic heterocycles. The number of likely N-dealkylation sites (tertiary alicyclic amines) is 1. The van der Waals surface area contributed by atoms with E-state index in [1.165, 1.54) is 5.56 Å². The van der Waals surface area contributed by atoms with Crippen molar-refractivity contribution in [1.29, 1.82) is 0 Å². The number of carbonyl (C=O) groups is 1. The van der Waals surface area contributed by atoms with E-state index in [9.17, 15) is 4.79 Å². The summed E-state index contributed by atoms with van der Waals surface area (Å²) in [5.41, 5.74) is 4.06. The molecule has 5 rings (SSSR count). The SMILES string of the molecule is COCCN1C(=O)N2Cc3cc(OC)ccc3C(C)(C)C=C2C12CCN(Cc1cc(OC)cc(OC)c1)CC2. The van der Waals surface area contributed by atoms with Gasteiger partial charge in [0.25, 0.3) is 0 Å². The molecule has 8 nitrogen and oxygen atoms in total. The van der Waals surface area contributed by atoms with E-state index in [1.54, 1.807) is 28.4 Å². The summed E-state index contributed by atoms with van der Waals surface area (Å²) in [5, 5.41) is 0. The number of hydrogen-bond acceptors (Lipinski definition) is 6. The quantitative estimate of drug-likeness (QED) is 0.484. The Morgan fingerprint density at radius 3 is 2.15 bits per heavy atom. The van der Waals surface area contributed by atoms with Crippen LogP contribution in [-0.2, 0) is 23.2 Å². The first-order valence-electron chi connectivity index (χ1n) is 13.7. The fourth-order valence-corrected chi connectivity index (χ4v) is 6.55. The van der Waals surface area contributed by atoms with Gasteiger partial charge in [-0.15, -0.1) is 0 Å². The minimum atomic E-state index is -0.360. The smallest absolute Gasteiger partial charge is 0.325 e. The largest absolute Gasteiger partial charge is 0.497 e. The summed E-state index contributed by atoms with van der Waals surface area (Å²) < 4.78 is 22.0. The van der Waals surface area contributed by atoms with Crippen molar-refractivity contribution in [3.05, 3.63) is 64.9 Å². The van der Waals surface area contributed by atoms with E-state index in [4.69, 9.17) is 18.9 Å². The highest BCUT2D eigenvalue weighted by Gasteiger charge is 2.55. The van der Waals surface area contributed by atoms with Crippen LogP contribution in [0.2, 0.25) is 0 Å². The molecule has 8 heteroatoms. The van der Waals surface area contributed by atoms with Crippen LogP contribution in [0.3, 0.4) is 0 Å². The van der Waals surface area contributed by atoms with Gasteiger partial charge in [0.15, 0.2) is 0 Å². The fraction of sp³-hybridized carbons (Fsp3) is 0.516. The number of rotatable bonds is 8. The Kier molecular flexibility index (Phi) is 7.53. The number of piperidine rings is 1. The minimum absolute atomic E-state index is 0.0655. The van der Waals surface area contributed by atoms with Crippen LogP contribution in [0.5, 0.6) is 17.2 Å². The zero-order chi connectivity index (χ0) is 27.8. The average Bonchev–Trinajstić information content (AvgIpc) is 3.05. The number of benzene rings is 2. The van der Waals surface area contributed by atoms with Gasteiger partial charge < -0.3 is 23.8 Å². The van der Waals surface area contributed by atoms with Gasteiger partial charge in [-0.05, 0) is 53.8 Å². The standard InChI is InChI=1S/C31H41N3O5/c1-30(2)19-28-31(9-11-32(12-10-31)20-22-15-25(38-5)18-26(16-22)39-6)34(13-14-36-3)29(35)33(28)21-23-17-24(37-4)7-8-27(23)30/h7-8,15-19H,9-14,20-21H2,1-6H3. The van der Waals surface area contributed by atoms with Crippen molar-refractivity contribution in [3.8, 4) is 17.2 Å². The van der Waals surface area contributed by atoms with Gasteiger partial charge in [0, 0.05) is 50.5 Å². The van der Waals surface area contributed by atoms with Crippen molar-refractivity contribution in [2.75, 3.05) is 54.7 Å². The molecule has 2 aromatic carbocycles. The van der Waals surface area contributed by atoms with Crippen LogP contribution in [0, 0.1) is 0 Å². The van der Waals surface area contributed by atoms with Gasteiger partial charge in [-0.25, -0.2) is 4.79 Å². The molecule has 210 valence electrons. The van der Waals surface area contributed by atoms with E-state index in [0.717, 1.165) is 66.5 Å². The highest BCUT2D eigenvalue weighted by molar-refractivity contribution is 5.83. The van der Waals surface area contributed by atoms with Gasteiger partial charge in [0.1, 0.15) is 17.2 Å². The van der Waals surface area contributed by atoms with Crippen LogP contribution in [0.4, 0.5) is 4.79 Å². The maximum atomic E-state index is 14.0. The second-order valence-corrected chi connectivity index (χ2v) is 11.3. The number of nitrogens with zero attached hydrogens (tertiary/aromatic N) is 3. The molecular weight excluding hydrogens is 494 g/mol. The van der Waals surface area contributed by atoms with Crippen LogP contribution >= 0.6 is 0 Å². The summed E-state index contributed by atoms with van der Waals surface area (Å²) in [5.74, 6) is 2.40. The molecule has 2 aromatic rings. The number of hydrogen-bond donors (Lipinski definition) is 0. The lowest BCUT2D eigenvalue weighted by Crippen LogP contribution is -2.54. The van der Waals surface area contributed by atoms with Crippen LogP contribution in [0.1, 0.15) is 43.4 Å². The van der Waals surface area contributed by atoms with E-state index >= 15 is 0 Å². The lowest BCUT2D eigenvalue weighted by atomic mass is 9.77. The molecule has 0 atom stereocenters. The second kappa shape index (κ2) is 10.7. The van der Waals surface area contributed by atoms with Crippen molar-refractivity contribution in [2.45, 2.75) is 50.7 Å². The van der Waals surface area contributed by atoms with Crippen LogP contribution < -0.4 is 14.2 Å². The third-order valence-electron chi connectivity index (χ3n) is 8.60. The summed E-state index contributed by atoms with van der Waals surface area (Å²) in [6.07, 6.45) is 4.07. The third kappa shape index (κ3) is 4.96. The summed E-state index contributed by atoms with van der Waals surface area (Å²) in [4.78, 5) is 20.6. The van der Waals surface area contributed by atoms with Gasteiger partial charge >= 0.3 is 6.03 Å². The third-order valence-corrected chi connectivity index (χ3v) is 8.60. The first-order chi connectivity index (χ1) is 18.7.